The van der Waals surface area contributed by atoms with Crippen LogP contribution in [0.5, 0.6) is 0 Å². The van der Waals surface area contributed by atoms with Crippen LogP contribution in [0.15, 0.2) is 73.7 Å². The molecule has 37 heavy (non-hydrogen) atoms. The van der Waals surface area contributed by atoms with Gasteiger partial charge in [-0.2, -0.15) is 0 Å². The number of urea groups is 1. The molecule has 0 saturated carbocycles. The first-order valence-corrected chi connectivity index (χ1v) is 12.9. The van der Waals surface area contributed by atoms with Crippen molar-refractivity contribution in [3.05, 3.63) is 97.6 Å². The summed E-state index contributed by atoms with van der Waals surface area (Å²) in [4.78, 5) is 38.5. The average Bonchev–Trinajstić information content (AvgIpc) is 3.53. The fourth-order valence-corrected chi connectivity index (χ4v) is 5.52. The molecule has 0 spiro atoms. The molecule has 0 atom stereocenters. The van der Waals surface area contributed by atoms with Crippen molar-refractivity contribution in [3.63, 3.8) is 0 Å². The van der Waals surface area contributed by atoms with E-state index in [1.807, 2.05) is 43.3 Å². The molecule has 3 heterocycles. The molecule has 0 aliphatic carbocycles. The summed E-state index contributed by atoms with van der Waals surface area (Å²) >= 11 is 7.14. The van der Waals surface area contributed by atoms with Crippen LogP contribution in [-0.2, 0) is 22.6 Å². The lowest BCUT2D eigenvalue weighted by Gasteiger charge is -2.11. The summed E-state index contributed by atoms with van der Waals surface area (Å²) in [7, 11) is 1.25. The highest BCUT2D eigenvalue weighted by atomic mass is 79.9. The molecule has 0 bridgehead atoms. The minimum absolute atomic E-state index is 0.00108. The number of amides is 3. The van der Waals surface area contributed by atoms with Gasteiger partial charge < -0.3 is 19.0 Å². The Morgan fingerprint density at radius 2 is 1.86 bits per heavy atom. The quantitative estimate of drug-likeness (QED) is 0.161. The zero-order valence-electron chi connectivity index (χ0n) is 19.9. The predicted molar refractivity (Wildman–Crippen MR) is 145 cm³/mol. The van der Waals surface area contributed by atoms with E-state index in [-0.39, 0.29) is 23.8 Å². The molecule has 1 fully saturated rings. The van der Waals surface area contributed by atoms with Gasteiger partial charge in [-0.15, -0.1) is 0 Å². The van der Waals surface area contributed by atoms with Crippen LogP contribution in [0.3, 0.4) is 0 Å². The number of carbonyl (C=O) groups is 3. The first kappa shape index (κ1) is 25.0. The monoisotopic (exact) mass is 625 g/mol. The smallest absolute Gasteiger partial charge is 0.373 e. The van der Waals surface area contributed by atoms with Crippen molar-refractivity contribution < 1.29 is 23.5 Å². The van der Waals surface area contributed by atoms with Gasteiger partial charge in [0.15, 0.2) is 0 Å². The summed E-state index contributed by atoms with van der Waals surface area (Å²) in [6.45, 7) is 2.50. The number of ether oxygens (including phenoxy) is 1. The summed E-state index contributed by atoms with van der Waals surface area (Å²) in [5.74, 6) is -0.821. The number of benzene rings is 2. The normalized spacial score (nSPS) is 14.6. The van der Waals surface area contributed by atoms with Gasteiger partial charge in [-0.25, -0.2) is 9.59 Å². The van der Waals surface area contributed by atoms with Crippen molar-refractivity contribution >= 4 is 66.7 Å². The maximum atomic E-state index is 13.2. The second-order valence-electron chi connectivity index (χ2n) is 8.48. The number of carbonyl (C=O) groups excluding carboxylic acids is 3. The molecule has 5 rings (SSSR count). The summed E-state index contributed by atoms with van der Waals surface area (Å²) in [5.41, 5.74) is 4.09. The number of methoxy groups -OCH3 is 1. The van der Waals surface area contributed by atoms with Crippen LogP contribution in [0.4, 0.5) is 4.79 Å². The molecule has 188 valence electrons. The summed E-state index contributed by atoms with van der Waals surface area (Å²) < 4.78 is 14.2. The molecule has 1 aliphatic heterocycles. The third-order valence-corrected chi connectivity index (χ3v) is 7.47. The lowest BCUT2D eigenvalue weighted by atomic mass is 10.1. The van der Waals surface area contributed by atoms with Crippen molar-refractivity contribution in [1.29, 1.82) is 0 Å². The molecule has 3 amide bonds. The van der Waals surface area contributed by atoms with E-state index in [4.69, 9.17) is 4.42 Å². The number of para-hydroxylation sites is 1. The largest absolute Gasteiger partial charge is 0.463 e. The third kappa shape index (κ3) is 4.74. The number of imide groups is 1. The van der Waals surface area contributed by atoms with Crippen molar-refractivity contribution in [2.24, 2.45) is 0 Å². The van der Waals surface area contributed by atoms with E-state index in [0.29, 0.717) is 6.54 Å². The van der Waals surface area contributed by atoms with Gasteiger partial charge in [0.2, 0.25) is 5.76 Å². The number of rotatable bonds is 6. The number of hydrogen-bond donors (Lipinski definition) is 1. The van der Waals surface area contributed by atoms with Crippen LogP contribution in [0.1, 0.15) is 33.1 Å². The topological polar surface area (TPSA) is 93.8 Å². The Morgan fingerprint density at radius 1 is 1.08 bits per heavy atom. The summed E-state index contributed by atoms with van der Waals surface area (Å²) in [5, 5.41) is 3.64. The maximum absolute atomic E-state index is 13.2. The van der Waals surface area contributed by atoms with Gasteiger partial charge in [0, 0.05) is 37.7 Å². The molecule has 1 N–H and O–H groups in total. The Morgan fingerprint density at radius 3 is 2.62 bits per heavy atom. The highest BCUT2D eigenvalue weighted by Crippen LogP contribution is 2.31. The molecule has 1 aliphatic rings. The molecular weight excluding hydrogens is 606 g/mol. The number of furan rings is 1. The Bertz CT molecular complexity index is 1600. The Kier molecular flexibility index (Phi) is 6.78. The zero-order valence-corrected chi connectivity index (χ0v) is 23.1. The fraction of sp³-hybridized carbons (Fsp3) is 0.148. The van der Waals surface area contributed by atoms with Gasteiger partial charge in [-0.1, -0.05) is 56.1 Å². The number of halogens is 2. The highest BCUT2D eigenvalue weighted by Gasteiger charge is 2.35. The van der Waals surface area contributed by atoms with E-state index in [1.165, 1.54) is 19.2 Å². The number of nitrogens with one attached hydrogen (secondary N) is 1. The minimum Gasteiger partial charge on any atom is -0.463 e. The second-order valence-corrected chi connectivity index (χ2v) is 10.2. The minimum atomic E-state index is -0.633. The first-order chi connectivity index (χ1) is 17.8. The van der Waals surface area contributed by atoms with E-state index in [1.54, 1.807) is 6.08 Å². The van der Waals surface area contributed by atoms with E-state index in [9.17, 15) is 14.4 Å². The van der Waals surface area contributed by atoms with Gasteiger partial charge in [-0.3, -0.25) is 9.69 Å². The lowest BCUT2D eigenvalue weighted by Crippen LogP contribution is -2.30. The van der Waals surface area contributed by atoms with Crippen molar-refractivity contribution in [2.75, 3.05) is 7.11 Å². The van der Waals surface area contributed by atoms with Gasteiger partial charge in [0.05, 0.1) is 13.7 Å². The molecule has 2 aromatic carbocycles. The van der Waals surface area contributed by atoms with Crippen LogP contribution in [0.2, 0.25) is 0 Å². The van der Waals surface area contributed by atoms with Gasteiger partial charge in [0.1, 0.15) is 11.5 Å². The van der Waals surface area contributed by atoms with E-state index in [0.717, 1.165) is 41.6 Å². The van der Waals surface area contributed by atoms with Crippen molar-refractivity contribution in [3.8, 4) is 0 Å². The van der Waals surface area contributed by atoms with Crippen LogP contribution in [0, 0.1) is 6.92 Å². The van der Waals surface area contributed by atoms with Crippen molar-refractivity contribution in [1.82, 2.24) is 14.8 Å². The SMILES string of the molecule is COC(=O)c1ccc(CN2C(=O)N/C(=C\c3c(C)n(Cc4ccc(Br)cc4Br)c4ccccc34)C2=O)o1. The number of aromatic nitrogens is 1. The summed E-state index contributed by atoms with van der Waals surface area (Å²) in [6.07, 6.45) is 1.72. The zero-order chi connectivity index (χ0) is 26.3. The first-order valence-electron chi connectivity index (χ1n) is 11.3. The number of fused-ring (bicyclic) bond motifs is 1. The maximum Gasteiger partial charge on any atom is 0.373 e. The summed E-state index contributed by atoms with van der Waals surface area (Å²) in [6, 6.07) is 16.4. The number of hydrogen-bond acceptors (Lipinski definition) is 5. The molecule has 0 unspecified atom stereocenters. The highest BCUT2D eigenvalue weighted by molar-refractivity contribution is 9.11. The molecule has 0 radical (unpaired) electrons. The Labute approximate surface area is 229 Å². The molecule has 10 heteroatoms. The van der Waals surface area contributed by atoms with Gasteiger partial charge in [-0.05, 0) is 48.9 Å². The van der Waals surface area contributed by atoms with Gasteiger partial charge in [0.25, 0.3) is 5.91 Å². The molecule has 4 aromatic rings. The molecular formula is C27H21Br2N3O5. The predicted octanol–water partition coefficient (Wildman–Crippen LogP) is 6.00. The molecule has 8 nitrogen and oxygen atoms in total. The van der Waals surface area contributed by atoms with Crippen LogP contribution >= 0.6 is 31.9 Å². The van der Waals surface area contributed by atoms with Crippen LogP contribution in [0.25, 0.3) is 17.0 Å². The van der Waals surface area contributed by atoms with E-state index < -0.39 is 17.9 Å². The third-order valence-electron chi connectivity index (χ3n) is 6.24. The number of esters is 1. The molecule has 1 saturated heterocycles. The molecule has 2 aromatic heterocycles. The standard InChI is InChI=1S/C27H21Br2N3O5/c1-15-20(19-5-3-4-6-23(19)31(15)13-16-7-8-17(28)11-21(16)29)12-22-25(33)32(27(35)30-22)14-18-9-10-24(37-18)26(34)36-2/h3-12H,13-14H2,1-2H3,(H,30,35)/b22-12-. The number of nitrogens with zero attached hydrogens (tertiary/aromatic N) is 2. The van der Waals surface area contributed by atoms with Crippen molar-refractivity contribution in [2.45, 2.75) is 20.0 Å². The second kappa shape index (κ2) is 10.0. The van der Waals surface area contributed by atoms with Crippen LogP contribution in [-0.4, -0.2) is 34.5 Å². The van der Waals surface area contributed by atoms with Gasteiger partial charge >= 0.3 is 12.0 Å². The fourth-order valence-electron chi connectivity index (χ4n) is 4.35. The average molecular weight is 627 g/mol. The lowest BCUT2D eigenvalue weighted by molar-refractivity contribution is -0.123. The van der Waals surface area contributed by atoms with E-state index >= 15 is 0 Å². The van der Waals surface area contributed by atoms with Crippen LogP contribution < -0.4 is 5.32 Å². The van der Waals surface area contributed by atoms with E-state index in [2.05, 4.69) is 52.5 Å². The Balaban J connectivity index is 1.47. The Hall–Kier alpha value is -3.63.